The maximum absolute atomic E-state index is 11.2. The molecule has 1 aromatic heterocycles. The van der Waals surface area contributed by atoms with Crippen LogP contribution >= 0.6 is 22.9 Å². The predicted molar refractivity (Wildman–Crippen MR) is 69.5 cm³/mol. The molecule has 4 heteroatoms. The first kappa shape index (κ1) is 11.8. The minimum atomic E-state index is -0.0505. The Kier molecular flexibility index (Phi) is 3.28. The number of carbonyl (C=O) groups is 1. The van der Waals surface area contributed by atoms with Gasteiger partial charge in [0.1, 0.15) is 10.9 Å². The van der Waals surface area contributed by atoms with Crippen molar-refractivity contribution in [2.75, 3.05) is 0 Å². The van der Waals surface area contributed by atoms with Crippen LogP contribution in [0.15, 0.2) is 30.3 Å². The van der Waals surface area contributed by atoms with Crippen molar-refractivity contribution in [2.24, 2.45) is 0 Å². The Morgan fingerprint density at radius 3 is 2.65 bits per heavy atom. The van der Waals surface area contributed by atoms with E-state index in [1.165, 1.54) is 18.3 Å². The van der Waals surface area contributed by atoms with Crippen LogP contribution in [0.5, 0.6) is 0 Å². The number of Topliss-reactive ketones (excluding diaryl/α,β-unsaturated/α-hetero) is 1. The van der Waals surface area contributed by atoms with Crippen molar-refractivity contribution in [2.45, 2.75) is 6.92 Å². The number of hydrogen-bond acceptors (Lipinski definition) is 3. The summed E-state index contributed by atoms with van der Waals surface area (Å²) in [5.74, 6) is -0.0505. The first-order valence-corrected chi connectivity index (χ1v) is 6.12. The van der Waals surface area contributed by atoms with Crippen molar-refractivity contribution in [1.82, 2.24) is 0 Å². The lowest BCUT2D eigenvalue weighted by atomic mass is 10.1. The van der Waals surface area contributed by atoms with Crippen molar-refractivity contribution in [1.29, 1.82) is 5.26 Å². The Morgan fingerprint density at radius 2 is 2.12 bits per heavy atom. The van der Waals surface area contributed by atoms with Crippen molar-refractivity contribution >= 4 is 28.7 Å². The SMILES string of the molecule is CC(=O)c1ccc(-c2ccc(C#N)s2)cc1Cl. The van der Waals surface area contributed by atoms with Crippen LogP contribution in [0.3, 0.4) is 0 Å². The fraction of sp³-hybridized carbons (Fsp3) is 0.0769. The fourth-order valence-electron chi connectivity index (χ4n) is 1.51. The highest BCUT2D eigenvalue weighted by Gasteiger charge is 2.08. The maximum Gasteiger partial charge on any atom is 0.161 e. The normalized spacial score (nSPS) is 9.94. The molecule has 0 fully saturated rings. The van der Waals surface area contributed by atoms with Crippen molar-refractivity contribution in [3.8, 4) is 16.5 Å². The van der Waals surface area contributed by atoms with Gasteiger partial charge in [-0.3, -0.25) is 4.79 Å². The molecule has 2 rings (SSSR count). The van der Waals surface area contributed by atoms with Gasteiger partial charge in [-0.2, -0.15) is 5.26 Å². The number of rotatable bonds is 2. The van der Waals surface area contributed by atoms with E-state index in [-0.39, 0.29) is 5.78 Å². The number of nitrogens with zero attached hydrogens (tertiary/aromatic N) is 1. The van der Waals surface area contributed by atoms with Gasteiger partial charge in [0.05, 0.1) is 5.02 Å². The van der Waals surface area contributed by atoms with Crippen LogP contribution in [0.4, 0.5) is 0 Å². The second-order valence-electron chi connectivity index (χ2n) is 3.53. The zero-order chi connectivity index (χ0) is 12.4. The highest BCUT2D eigenvalue weighted by atomic mass is 35.5. The second-order valence-corrected chi connectivity index (χ2v) is 5.02. The van der Waals surface area contributed by atoms with Crippen molar-refractivity contribution in [3.63, 3.8) is 0 Å². The van der Waals surface area contributed by atoms with E-state index >= 15 is 0 Å². The van der Waals surface area contributed by atoms with Crippen molar-refractivity contribution < 1.29 is 4.79 Å². The highest BCUT2D eigenvalue weighted by molar-refractivity contribution is 7.16. The molecule has 1 heterocycles. The molecule has 0 bridgehead atoms. The molecule has 0 aliphatic carbocycles. The summed E-state index contributed by atoms with van der Waals surface area (Å²) < 4.78 is 0. The molecule has 0 aliphatic rings. The maximum atomic E-state index is 11.2. The molecule has 0 spiro atoms. The van der Waals surface area contributed by atoms with E-state index in [0.29, 0.717) is 15.5 Å². The quantitative estimate of drug-likeness (QED) is 0.762. The molecule has 0 N–H and O–H groups in total. The van der Waals surface area contributed by atoms with Gasteiger partial charge in [-0.05, 0) is 36.8 Å². The summed E-state index contributed by atoms with van der Waals surface area (Å²) in [6.45, 7) is 1.49. The Bertz CT molecular complexity index is 625. The Hall–Kier alpha value is -1.63. The molecule has 0 saturated carbocycles. The Labute approximate surface area is 108 Å². The molecule has 17 heavy (non-hydrogen) atoms. The van der Waals surface area contributed by atoms with Crippen LogP contribution in [0.25, 0.3) is 10.4 Å². The smallest absolute Gasteiger partial charge is 0.161 e. The minimum Gasteiger partial charge on any atom is -0.294 e. The topological polar surface area (TPSA) is 40.9 Å². The second kappa shape index (κ2) is 4.70. The zero-order valence-corrected chi connectivity index (χ0v) is 10.6. The lowest BCUT2D eigenvalue weighted by Gasteiger charge is -2.02. The van der Waals surface area contributed by atoms with Crippen LogP contribution in [0.2, 0.25) is 5.02 Å². The van der Waals surface area contributed by atoms with Gasteiger partial charge in [-0.15, -0.1) is 11.3 Å². The summed E-state index contributed by atoms with van der Waals surface area (Å²) in [6.07, 6.45) is 0. The van der Waals surface area contributed by atoms with Gasteiger partial charge in [0.2, 0.25) is 0 Å². The zero-order valence-electron chi connectivity index (χ0n) is 9.03. The van der Waals surface area contributed by atoms with Gasteiger partial charge in [-0.25, -0.2) is 0 Å². The first-order valence-electron chi connectivity index (χ1n) is 4.92. The Morgan fingerprint density at radius 1 is 1.35 bits per heavy atom. The van der Waals surface area contributed by atoms with E-state index in [1.807, 2.05) is 12.1 Å². The average molecular weight is 262 g/mol. The largest absolute Gasteiger partial charge is 0.294 e. The standard InChI is InChI=1S/C13H8ClNOS/c1-8(16)11-4-2-9(6-12(11)14)13-5-3-10(7-15)17-13/h2-6H,1H3. The predicted octanol–water partition coefficient (Wildman–Crippen LogP) is 4.14. The Balaban J connectivity index is 2.45. The van der Waals surface area contributed by atoms with E-state index < -0.39 is 0 Å². The number of halogens is 1. The average Bonchev–Trinajstić information content (AvgIpc) is 2.76. The van der Waals surface area contributed by atoms with Gasteiger partial charge >= 0.3 is 0 Å². The summed E-state index contributed by atoms with van der Waals surface area (Å²) >= 11 is 7.44. The molecule has 0 aliphatic heterocycles. The van der Waals surface area contributed by atoms with Gasteiger partial charge in [0.15, 0.2) is 5.78 Å². The van der Waals surface area contributed by atoms with Crippen LogP contribution < -0.4 is 0 Å². The molecular weight excluding hydrogens is 254 g/mol. The van der Waals surface area contributed by atoms with E-state index in [1.54, 1.807) is 18.2 Å². The minimum absolute atomic E-state index is 0.0505. The van der Waals surface area contributed by atoms with Gasteiger partial charge in [0.25, 0.3) is 0 Å². The first-order chi connectivity index (χ1) is 8.11. The number of nitriles is 1. The molecule has 0 radical (unpaired) electrons. The van der Waals surface area contributed by atoms with Crippen LogP contribution in [0, 0.1) is 11.3 Å². The highest BCUT2D eigenvalue weighted by Crippen LogP contribution is 2.30. The molecule has 0 amide bonds. The number of thiophene rings is 1. The lowest BCUT2D eigenvalue weighted by Crippen LogP contribution is -1.92. The molecule has 1 aromatic carbocycles. The number of ketones is 1. The molecular formula is C13H8ClNOS. The third-order valence-corrected chi connectivity index (χ3v) is 3.70. The van der Waals surface area contributed by atoms with Crippen LogP contribution in [-0.4, -0.2) is 5.78 Å². The lowest BCUT2D eigenvalue weighted by molar-refractivity contribution is 0.101. The summed E-state index contributed by atoms with van der Waals surface area (Å²) in [6, 6.07) is 11.1. The van der Waals surface area contributed by atoms with E-state index in [4.69, 9.17) is 16.9 Å². The molecule has 0 unspecified atom stereocenters. The van der Waals surface area contributed by atoms with Crippen LogP contribution in [-0.2, 0) is 0 Å². The summed E-state index contributed by atoms with van der Waals surface area (Å²) in [4.78, 5) is 12.9. The molecule has 84 valence electrons. The van der Waals surface area contributed by atoms with Gasteiger partial charge in [-0.1, -0.05) is 17.7 Å². The summed E-state index contributed by atoms with van der Waals surface area (Å²) in [7, 11) is 0. The van der Waals surface area contributed by atoms with E-state index in [0.717, 1.165) is 10.4 Å². The fourth-order valence-corrected chi connectivity index (χ4v) is 2.62. The van der Waals surface area contributed by atoms with Crippen LogP contribution in [0.1, 0.15) is 22.2 Å². The molecule has 2 nitrogen and oxygen atoms in total. The van der Waals surface area contributed by atoms with E-state index in [2.05, 4.69) is 6.07 Å². The van der Waals surface area contributed by atoms with Gasteiger partial charge < -0.3 is 0 Å². The third-order valence-electron chi connectivity index (χ3n) is 2.35. The number of hydrogen-bond donors (Lipinski definition) is 0. The van der Waals surface area contributed by atoms with Gasteiger partial charge in [0, 0.05) is 10.4 Å². The molecule has 0 saturated heterocycles. The monoisotopic (exact) mass is 261 g/mol. The molecule has 2 aromatic rings. The van der Waals surface area contributed by atoms with Crippen molar-refractivity contribution in [3.05, 3.63) is 45.8 Å². The summed E-state index contributed by atoms with van der Waals surface area (Å²) in [5, 5.41) is 9.21. The number of benzene rings is 1. The summed E-state index contributed by atoms with van der Waals surface area (Å²) in [5.41, 5.74) is 1.44. The molecule has 0 atom stereocenters. The third kappa shape index (κ3) is 2.38. The number of carbonyl (C=O) groups excluding carboxylic acids is 1. The van der Waals surface area contributed by atoms with E-state index in [9.17, 15) is 4.79 Å².